The van der Waals surface area contributed by atoms with Crippen LogP contribution in [0, 0.1) is 71.0 Å². The van der Waals surface area contributed by atoms with Crippen molar-refractivity contribution < 1.29 is 58.8 Å². The average Bonchev–Trinajstić information content (AvgIpc) is 1.57. The highest BCUT2D eigenvalue weighted by molar-refractivity contribution is 7.20. The van der Waals surface area contributed by atoms with E-state index in [9.17, 15) is 58.8 Å². The van der Waals surface area contributed by atoms with E-state index in [0.29, 0.717) is 42.3 Å². The van der Waals surface area contributed by atoms with E-state index in [4.69, 9.17) is 45.9 Å². The highest BCUT2D eigenvalue weighted by Gasteiger charge is 2.68. The van der Waals surface area contributed by atoms with Gasteiger partial charge in [0.25, 0.3) is 47.3 Å². The number of benzene rings is 4. The van der Waals surface area contributed by atoms with Gasteiger partial charge in [-0.3, -0.25) is 38.4 Å². The van der Waals surface area contributed by atoms with Crippen LogP contribution in [0.3, 0.4) is 0 Å². The molecule has 8 aromatic rings. The molecule has 12 atom stereocenters. The SMILES string of the molecule is CN1C(=O)[C@@](O)(C#Cc2cccc(-c3nc(C(N)=O)c(N)s3)c2)[C@@H]2C[C@@H]21.CN1C(=O)[C@@](O)(C#Cc2cccc(-c3nc(C(N)=O)c(N)s3)c2)[C@@H]2C[C@@H]21.CN1C(=O)[C@](O)(C#Cc2cccc(-c3nc(C(N)=O)c(N)s3)c2)[C@@H]2C[C@@H]21.CN1C(=O)[C@](O)(C#Cc2cccc(-c3nc(C(N)=O)c(N)s3)c2)[C@H]2C[C@H]21. The molecule has 8 heterocycles. The molecule has 8 aliphatic rings. The van der Waals surface area contributed by atoms with Crippen LogP contribution in [-0.2, 0) is 19.2 Å². The predicted octanol–water partition coefficient (Wildman–Crippen LogP) is 1.74. The number of thiazole rings is 4. The number of anilines is 4. The minimum Gasteiger partial charge on any atom is -0.389 e. The van der Waals surface area contributed by atoms with Crippen molar-refractivity contribution in [1.82, 2.24) is 39.5 Å². The molecular weight excluding hydrogens is 1410 g/mol. The number of hydrogen-bond donors (Lipinski definition) is 12. The van der Waals surface area contributed by atoms with Gasteiger partial charge in [-0.1, -0.05) is 141 Å². The highest BCUT2D eigenvalue weighted by atomic mass is 32.1. The fourth-order valence-electron chi connectivity index (χ4n) is 13.2. The standard InChI is InChI=1S/4C18H16N4O3S/c4*1-22-12-8-11(12)18(25,17(22)24)6-5-9-3-2-4-10(7-9)16-21-13(14(19)23)15(20)26-16/h4*2-4,7,11-12,25H,8,20H2,1H3,(H2,19,23)/t11-,12+,18+;3*11-,12+,18-/m1110/s1. The number of rotatable bonds is 8. The lowest BCUT2D eigenvalue weighted by molar-refractivity contribution is -0.141. The summed E-state index contributed by atoms with van der Waals surface area (Å²) < 4.78 is 0. The summed E-state index contributed by atoms with van der Waals surface area (Å²) in [6.07, 6.45) is 3.12. The summed E-state index contributed by atoms with van der Waals surface area (Å²) in [7, 11) is 6.76. The Labute approximate surface area is 609 Å². The number of piperidine rings is 4. The molecule has 0 spiro atoms. The summed E-state index contributed by atoms with van der Waals surface area (Å²) >= 11 is 4.65. The van der Waals surface area contributed by atoms with Gasteiger partial charge in [-0.25, -0.2) is 19.9 Å². The Balaban J connectivity index is 0.000000123. The number of likely N-dealkylation sites (N-methyl/N-ethyl adjacent to an activating group) is 4. The molecule has 4 aliphatic heterocycles. The topological polar surface area (TPSA) is 490 Å². The summed E-state index contributed by atoms with van der Waals surface area (Å²) in [6.45, 7) is 0. The van der Waals surface area contributed by atoms with Crippen molar-refractivity contribution in [2.45, 2.75) is 72.3 Å². The molecule has 4 aliphatic carbocycles. The number of likely N-dealkylation sites (tertiary alicyclic amines) is 4. The van der Waals surface area contributed by atoms with Crippen LogP contribution < -0.4 is 45.9 Å². The van der Waals surface area contributed by atoms with Crippen LogP contribution in [0.5, 0.6) is 0 Å². The van der Waals surface area contributed by atoms with Crippen molar-refractivity contribution in [3.05, 3.63) is 142 Å². The highest BCUT2D eigenvalue weighted by Crippen LogP contribution is 2.53. The molecule has 4 saturated heterocycles. The number of aliphatic hydroxyl groups is 4. The molecule has 32 heteroatoms. The summed E-state index contributed by atoms with van der Waals surface area (Å²) in [5.41, 5.74) is 43.3. The Morgan fingerprint density at radius 2 is 0.567 bits per heavy atom. The quantitative estimate of drug-likeness (QED) is 0.0964. The van der Waals surface area contributed by atoms with Crippen molar-refractivity contribution in [3.8, 4) is 89.6 Å². The van der Waals surface area contributed by atoms with Gasteiger partial charge >= 0.3 is 0 Å². The molecule has 8 amide bonds. The fraction of sp³-hybridized carbons (Fsp3) is 0.278. The van der Waals surface area contributed by atoms with Gasteiger partial charge in [-0.15, -0.1) is 0 Å². The Bertz CT molecular complexity index is 4670. The lowest BCUT2D eigenvalue weighted by Crippen LogP contribution is -2.41. The number of nitrogens with zero attached hydrogens (tertiary/aromatic N) is 8. The first kappa shape index (κ1) is 70.9. The van der Waals surface area contributed by atoms with Crippen molar-refractivity contribution in [2.24, 2.45) is 46.6 Å². The molecule has 4 aromatic carbocycles. The van der Waals surface area contributed by atoms with E-state index in [-0.39, 0.29) is 114 Å². The Morgan fingerprint density at radius 1 is 0.375 bits per heavy atom. The molecule has 0 bridgehead atoms. The number of carbonyl (C=O) groups is 8. The molecule has 528 valence electrons. The van der Waals surface area contributed by atoms with Crippen molar-refractivity contribution >= 4 is 113 Å². The largest absolute Gasteiger partial charge is 0.389 e. The maximum atomic E-state index is 12.2. The summed E-state index contributed by atoms with van der Waals surface area (Å²) in [4.78, 5) is 117. The molecule has 4 aromatic heterocycles. The predicted molar refractivity (Wildman–Crippen MR) is 388 cm³/mol. The maximum Gasteiger partial charge on any atom is 0.270 e. The molecule has 0 radical (unpaired) electrons. The molecule has 4 saturated carbocycles. The van der Waals surface area contributed by atoms with Gasteiger partial charge in [0.1, 0.15) is 40.0 Å². The number of primary amides is 4. The Morgan fingerprint density at radius 3 is 0.721 bits per heavy atom. The second-order valence-electron chi connectivity index (χ2n) is 26.1. The Kier molecular flexibility index (Phi) is 18.0. The Hall–Kier alpha value is -11.6. The van der Waals surface area contributed by atoms with Gasteiger partial charge in [0.2, 0.25) is 22.4 Å². The minimum atomic E-state index is -1.61. The monoisotopic (exact) mass is 1470 g/mol. The van der Waals surface area contributed by atoms with Crippen LogP contribution in [-0.4, -0.2) is 182 Å². The van der Waals surface area contributed by atoms with E-state index < -0.39 is 46.0 Å². The van der Waals surface area contributed by atoms with E-state index in [0.717, 1.165) is 93.3 Å². The van der Waals surface area contributed by atoms with Crippen LogP contribution >= 0.6 is 45.3 Å². The van der Waals surface area contributed by atoms with Crippen LogP contribution in [0.2, 0.25) is 0 Å². The zero-order valence-electron chi connectivity index (χ0n) is 55.6. The van der Waals surface area contributed by atoms with Gasteiger partial charge < -0.3 is 85.9 Å². The summed E-state index contributed by atoms with van der Waals surface area (Å²) in [6, 6.07) is 29.0. The molecule has 104 heavy (non-hydrogen) atoms. The lowest BCUT2D eigenvalue weighted by Gasteiger charge is -2.18. The number of carbonyl (C=O) groups excluding carboxylic acids is 8. The van der Waals surface area contributed by atoms with Gasteiger partial charge in [-0.2, -0.15) is 0 Å². The van der Waals surface area contributed by atoms with Crippen LogP contribution in [0.1, 0.15) is 89.9 Å². The fourth-order valence-corrected chi connectivity index (χ4v) is 16.6. The smallest absolute Gasteiger partial charge is 0.270 e. The lowest BCUT2D eigenvalue weighted by atomic mass is 9.99. The van der Waals surface area contributed by atoms with E-state index in [1.807, 2.05) is 24.3 Å². The third kappa shape index (κ3) is 12.9. The van der Waals surface area contributed by atoms with Crippen LogP contribution in [0.4, 0.5) is 20.0 Å². The van der Waals surface area contributed by atoms with Gasteiger partial charge in [-0.05, 0) is 74.2 Å². The van der Waals surface area contributed by atoms with Crippen molar-refractivity contribution in [3.63, 3.8) is 0 Å². The zero-order valence-corrected chi connectivity index (χ0v) is 58.8. The first-order chi connectivity index (χ1) is 49.2. The molecule has 16 rings (SSSR count). The van der Waals surface area contributed by atoms with E-state index in [1.165, 1.54) is 0 Å². The number of aromatic nitrogens is 4. The zero-order chi connectivity index (χ0) is 74.5. The number of amides is 8. The number of nitrogens with two attached hydrogens (primary N) is 8. The van der Waals surface area contributed by atoms with E-state index in [1.54, 1.807) is 121 Å². The first-order valence-electron chi connectivity index (χ1n) is 32.0. The van der Waals surface area contributed by atoms with E-state index in [2.05, 4.69) is 67.3 Å². The molecule has 28 nitrogen and oxygen atoms in total. The normalized spacial score (nSPS) is 26.2. The maximum absolute atomic E-state index is 12.2. The molecule has 20 N–H and O–H groups in total. The van der Waals surface area contributed by atoms with E-state index >= 15 is 0 Å². The molecule has 8 fully saturated rings. The number of fused-ring (bicyclic) bond motifs is 4. The third-order valence-corrected chi connectivity index (χ3v) is 23.1. The van der Waals surface area contributed by atoms with Crippen molar-refractivity contribution in [2.75, 3.05) is 51.1 Å². The van der Waals surface area contributed by atoms with Gasteiger partial charge in [0.05, 0.1) is 0 Å². The number of hydrogen-bond acceptors (Lipinski definition) is 24. The van der Waals surface area contributed by atoms with Gasteiger partial charge in [0.15, 0.2) is 22.8 Å². The minimum absolute atomic E-state index is 0.0511. The number of nitrogen functional groups attached to an aromatic ring is 4. The van der Waals surface area contributed by atoms with Crippen LogP contribution in [0.25, 0.3) is 42.3 Å². The summed E-state index contributed by atoms with van der Waals surface area (Å²) in [5, 5.41) is 45.8. The summed E-state index contributed by atoms with van der Waals surface area (Å²) in [5.74, 6) is 18.1. The second-order valence-corrected chi connectivity index (χ2v) is 30.2. The third-order valence-electron chi connectivity index (χ3n) is 19.3. The molecule has 0 unspecified atom stereocenters. The average molecular weight is 1470 g/mol. The van der Waals surface area contributed by atoms with Crippen molar-refractivity contribution in [1.29, 1.82) is 0 Å². The first-order valence-corrected chi connectivity index (χ1v) is 35.3. The van der Waals surface area contributed by atoms with Crippen LogP contribution in [0.15, 0.2) is 97.1 Å². The van der Waals surface area contributed by atoms with Gasteiger partial charge in [0, 0.05) is 121 Å². The second kappa shape index (κ2) is 26.4. The molecular formula is C72H64N16O12S4.